The average molecular weight is 282 g/mol. The molecule has 1 atom stereocenters. The van der Waals surface area contributed by atoms with E-state index in [-0.39, 0.29) is 0 Å². The van der Waals surface area contributed by atoms with E-state index in [2.05, 4.69) is 25.1 Å². The van der Waals surface area contributed by atoms with Crippen LogP contribution in [0.3, 0.4) is 0 Å². The van der Waals surface area contributed by atoms with Crippen molar-refractivity contribution in [1.82, 2.24) is 4.90 Å². The maximum Gasteiger partial charge on any atom is 0.119 e. The number of hydrogen-bond donors (Lipinski definition) is 1. The summed E-state index contributed by atoms with van der Waals surface area (Å²) in [5.74, 6) is 2.13. The predicted molar refractivity (Wildman–Crippen MR) is 86.1 cm³/mol. The zero-order chi connectivity index (χ0) is 14.1. The topological polar surface area (TPSA) is 38.5 Å². The van der Waals surface area contributed by atoms with Gasteiger partial charge in [0.25, 0.3) is 0 Å². The van der Waals surface area contributed by atoms with E-state index in [0.29, 0.717) is 6.04 Å². The maximum atomic E-state index is 5.69. The number of hydrogen-bond acceptors (Lipinski definition) is 4. The van der Waals surface area contributed by atoms with Crippen LogP contribution < -0.4 is 10.5 Å². The summed E-state index contributed by atoms with van der Waals surface area (Å²) in [7, 11) is 2.19. The second kappa shape index (κ2) is 9.10. The molecular weight excluding hydrogens is 256 g/mol. The summed E-state index contributed by atoms with van der Waals surface area (Å²) in [6, 6.07) is 8.21. The van der Waals surface area contributed by atoms with Crippen molar-refractivity contribution in [3.05, 3.63) is 24.3 Å². The number of benzene rings is 1. The Balaban J connectivity index is 2.14. The zero-order valence-electron chi connectivity index (χ0n) is 12.3. The molecule has 108 valence electrons. The van der Waals surface area contributed by atoms with Crippen LogP contribution in [0.1, 0.15) is 19.8 Å². The fourth-order valence-corrected chi connectivity index (χ4v) is 2.37. The fraction of sp³-hybridized carbons (Fsp3) is 0.600. The molecule has 0 saturated carbocycles. The smallest absolute Gasteiger partial charge is 0.119 e. The van der Waals surface area contributed by atoms with Gasteiger partial charge >= 0.3 is 0 Å². The van der Waals surface area contributed by atoms with Gasteiger partial charge in [-0.3, -0.25) is 0 Å². The molecule has 0 aromatic heterocycles. The number of anilines is 1. The lowest BCUT2D eigenvalue weighted by Gasteiger charge is -2.24. The van der Waals surface area contributed by atoms with Crippen molar-refractivity contribution in [3.8, 4) is 5.75 Å². The van der Waals surface area contributed by atoms with E-state index in [4.69, 9.17) is 10.5 Å². The molecule has 0 aliphatic heterocycles. The summed E-state index contributed by atoms with van der Waals surface area (Å²) < 4.78 is 5.69. The van der Waals surface area contributed by atoms with Crippen LogP contribution in [0.25, 0.3) is 0 Å². The highest BCUT2D eigenvalue weighted by atomic mass is 32.2. The van der Waals surface area contributed by atoms with Crippen LogP contribution in [0.2, 0.25) is 0 Å². The van der Waals surface area contributed by atoms with E-state index in [1.165, 1.54) is 12.2 Å². The van der Waals surface area contributed by atoms with Crippen LogP contribution in [0, 0.1) is 0 Å². The van der Waals surface area contributed by atoms with Crippen molar-refractivity contribution in [2.24, 2.45) is 0 Å². The molecule has 0 spiro atoms. The van der Waals surface area contributed by atoms with Crippen molar-refractivity contribution >= 4 is 17.4 Å². The molecule has 2 N–H and O–H groups in total. The molecule has 19 heavy (non-hydrogen) atoms. The van der Waals surface area contributed by atoms with Gasteiger partial charge in [-0.2, -0.15) is 11.8 Å². The lowest BCUT2D eigenvalue weighted by Crippen LogP contribution is -2.31. The molecule has 1 rings (SSSR count). The van der Waals surface area contributed by atoms with Crippen molar-refractivity contribution in [2.75, 3.05) is 37.9 Å². The van der Waals surface area contributed by atoms with Gasteiger partial charge in [0.05, 0.1) is 6.61 Å². The number of nitrogens with zero attached hydrogens (tertiary/aromatic N) is 1. The number of ether oxygens (including phenoxy) is 1. The first-order valence-corrected chi connectivity index (χ1v) is 8.20. The van der Waals surface area contributed by atoms with Gasteiger partial charge in [0.1, 0.15) is 5.75 Å². The number of nitrogens with two attached hydrogens (primary N) is 1. The number of nitrogen functional groups attached to an aromatic ring is 1. The van der Waals surface area contributed by atoms with Crippen molar-refractivity contribution in [3.63, 3.8) is 0 Å². The van der Waals surface area contributed by atoms with Crippen LogP contribution in [0.5, 0.6) is 5.75 Å². The normalized spacial score (nSPS) is 12.6. The number of rotatable bonds is 9. The second-order valence-corrected chi connectivity index (χ2v) is 5.87. The van der Waals surface area contributed by atoms with E-state index in [9.17, 15) is 0 Å². The van der Waals surface area contributed by atoms with Crippen molar-refractivity contribution < 1.29 is 4.74 Å². The molecule has 1 unspecified atom stereocenters. The van der Waals surface area contributed by atoms with Gasteiger partial charge in [-0.15, -0.1) is 0 Å². The largest absolute Gasteiger partial charge is 0.494 e. The van der Waals surface area contributed by atoms with E-state index < -0.39 is 0 Å². The summed E-state index contributed by atoms with van der Waals surface area (Å²) >= 11 is 1.91. The van der Waals surface area contributed by atoms with Gasteiger partial charge in [0.15, 0.2) is 0 Å². The SMILES string of the molecule is CSCCC(C)N(C)CCCOc1ccc(N)cc1. The molecule has 0 heterocycles. The first-order chi connectivity index (χ1) is 9.13. The highest BCUT2D eigenvalue weighted by Gasteiger charge is 2.07. The molecule has 0 saturated heterocycles. The Morgan fingerprint density at radius 1 is 1.32 bits per heavy atom. The third-order valence-electron chi connectivity index (χ3n) is 3.30. The molecule has 0 bridgehead atoms. The van der Waals surface area contributed by atoms with Crippen LogP contribution in [0.15, 0.2) is 24.3 Å². The quantitative estimate of drug-likeness (QED) is 0.558. The Morgan fingerprint density at radius 3 is 2.63 bits per heavy atom. The summed E-state index contributed by atoms with van der Waals surface area (Å²) in [6.07, 6.45) is 4.45. The van der Waals surface area contributed by atoms with Crippen LogP contribution in [-0.4, -0.2) is 43.1 Å². The van der Waals surface area contributed by atoms with Crippen LogP contribution >= 0.6 is 11.8 Å². The average Bonchev–Trinajstić information content (AvgIpc) is 2.42. The second-order valence-electron chi connectivity index (χ2n) is 4.88. The summed E-state index contributed by atoms with van der Waals surface area (Å²) in [6.45, 7) is 4.12. The van der Waals surface area contributed by atoms with Crippen LogP contribution in [0.4, 0.5) is 5.69 Å². The molecule has 0 aliphatic carbocycles. The molecule has 1 aromatic rings. The zero-order valence-corrected chi connectivity index (χ0v) is 13.1. The Morgan fingerprint density at radius 2 is 2.00 bits per heavy atom. The first-order valence-electron chi connectivity index (χ1n) is 6.81. The minimum Gasteiger partial charge on any atom is -0.494 e. The van der Waals surface area contributed by atoms with E-state index in [1.807, 2.05) is 36.0 Å². The maximum absolute atomic E-state index is 5.69. The highest BCUT2D eigenvalue weighted by molar-refractivity contribution is 7.98. The predicted octanol–water partition coefficient (Wildman–Crippen LogP) is 3.11. The van der Waals surface area contributed by atoms with Gasteiger partial charge in [-0.25, -0.2) is 0 Å². The van der Waals surface area contributed by atoms with Gasteiger partial charge in [0.2, 0.25) is 0 Å². The molecular formula is C15H26N2OS. The third-order valence-corrected chi connectivity index (χ3v) is 3.94. The monoisotopic (exact) mass is 282 g/mol. The van der Waals surface area contributed by atoms with Crippen molar-refractivity contribution in [2.45, 2.75) is 25.8 Å². The van der Waals surface area contributed by atoms with E-state index >= 15 is 0 Å². The molecule has 0 fully saturated rings. The first kappa shape index (κ1) is 16.2. The van der Waals surface area contributed by atoms with Gasteiger partial charge in [-0.05, 0) is 63.1 Å². The van der Waals surface area contributed by atoms with Crippen molar-refractivity contribution in [1.29, 1.82) is 0 Å². The van der Waals surface area contributed by atoms with Crippen LogP contribution in [-0.2, 0) is 0 Å². The Hall–Kier alpha value is -0.870. The molecule has 3 nitrogen and oxygen atoms in total. The molecule has 4 heteroatoms. The molecule has 0 aliphatic rings. The van der Waals surface area contributed by atoms with Gasteiger partial charge < -0.3 is 15.4 Å². The molecule has 0 radical (unpaired) electrons. The van der Waals surface area contributed by atoms with Gasteiger partial charge in [-0.1, -0.05) is 0 Å². The van der Waals surface area contributed by atoms with E-state index in [0.717, 1.165) is 31.0 Å². The number of thioether (sulfide) groups is 1. The minimum absolute atomic E-state index is 0.643. The lowest BCUT2D eigenvalue weighted by molar-refractivity contribution is 0.221. The molecule has 0 amide bonds. The molecule has 1 aromatic carbocycles. The van der Waals surface area contributed by atoms with E-state index in [1.54, 1.807) is 0 Å². The Bertz CT molecular complexity index is 343. The van der Waals surface area contributed by atoms with Gasteiger partial charge in [0, 0.05) is 18.3 Å². The Labute approximate surface area is 121 Å². The third kappa shape index (κ3) is 6.73. The highest BCUT2D eigenvalue weighted by Crippen LogP contribution is 2.13. The lowest BCUT2D eigenvalue weighted by atomic mass is 10.2. The summed E-state index contributed by atoms with van der Waals surface area (Å²) in [4.78, 5) is 2.41. The minimum atomic E-state index is 0.643. The fourth-order valence-electron chi connectivity index (χ4n) is 1.80. The summed E-state index contributed by atoms with van der Waals surface area (Å²) in [5.41, 5.74) is 6.40. The Kier molecular flexibility index (Phi) is 7.75. The summed E-state index contributed by atoms with van der Waals surface area (Å²) in [5, 5.41) is 0. The standard InChI is InChI=1S/C15H26N2OS/c1-13(9-12-19-3)17(2)10-4-11-18-15-7-5-14(16)6-8-15/h5-8,13H,4,9-12,16H2,1-3H3.